The number of para-hydroxylation sites is 1. The Labute approximate surface area is 181 Å². The van der Waals surface area contributed by atoms with Gasteiger partial charge in [0.1, 0.15) is 12.4 Å². The fraction of sp³-hybridized carbons (Fsp3) is 0.269. The molecule has 0 spiro atoms. The minimum atomic E-state index is -0.102. The number of halogens is 1. The predicted molar refractivity (Wildman–Crippen MR) is 117 cm³/mol. The first-order chi connectivity index (χ1) is 14.7. The van der Waals surface area contributed by atoms with Gasteiger partial charge in [-0.2, -0.15) is 0 Å². The summed E-state index contributed by atoms with van der Waals surface area (Å²) in [7, 11) is 0. The largest absolute Gasteiger partial charge is 0.492 e. The van der Waals surface area contributed by atoms with Gasteiger partial charge in [0.15, 0.2) is 5.78 Å². The van der Waals surface area contributed by atoms with Gasteiger partial charge in [0, 0.05) is 35.0 Å². The van der Waals surface area contributed by atoms with E-state index in [1.165, 1.54) is 16.7 Å². The van der Waals surface area contributed by atoms with Crippen LogP contribution in [0.5, 0.6) is 5.75 Å². The molecule has 30 heavy (non-hydrogen) atoms. The standard InChI is InChI=1S/C26H22ClNO2/c27-19-11-9-16(10-12-19)26(29)25-21-13-17-5-1-2-6-18(17)14-28(21)22-15-30-23-8-4-3-7-20(23)24(22)25/h1-12,21-22,24-25H,13-15H2/t21-,22-,24+,25+/m1/s1. The summed E-state index contributed by atoms with van der Waals surface area (Å²) < 4.78 is 6.15. The van der Waals surface area contributed by atoms with Crippen LogP contribution in [0.1, 0.15) is 33.0 Å². The first kappa shape index (κ1) is 18.2. The van der Waals surface area contributed by atoms with E-state index < -0.39 is 0 Å². The Bertz CT molecular complexity index is 1130. The molecule has 3 aromatic rings. The quantitative estimate of drug-likeness (QED) is 0.544. The Morgan fingerprint density at radius 3 is 2.47 bits per heavy atom. The van der Waals surface area contributed by atoms with Crippen molar-refractivity contribution in [2.45, 2.75) is 31.0 Å². The summed E-state index contributed by atoms with van der Waals surface area (Å²) in [6.07, 6.45) is 0.898. The molecular formula is C26H22ClNO2. The molecular weight excluding hydrogens is 394 g/mol. The molecule has 0 radical (unpaired) electrons. The number of ether oxygens (including phenoxy) is 1. The van der Waals surface area contributed by atoms with Crippen LogP contribution >= 0.6 is 11.6 Å². The van der Waals surface area contributed by atoms with Gasteiger partial charge in [-0.1, -0.05) is 54.1 Å². The molecule has 0 amide bonds. The molecule has 1 fully saturated rings. The lowest BCUT2D eigenvalue weighted by Crippen LogP contribution is -2.45. The van der Waals surface area contributed by atoms with Crippen molar-refractivity contribution in [1.29, 1.82) is 0 Å². The lowest BCUT2D eigenvalue weighted by molar-refractivity contribution is 0.0850. The summed E-state index contributed by atoms with van der Waals surface area (Å²) >= 11 is 6.08. The van der Waals surface area contributed by atoms with Crippen molar-refractivity contribution in [3.63, 3.8) is 0 Å². The average molecular weight is 416 g/mol. The third-order valence-corrected chi connectivity index (χ3v) is 7.34. The fourth-order valence-electron chi connectivity index (χ4n) is 5.76. The zero-order valence-electron chi connectivity index (χ0n) is 16.5. The smallest absolute Gasteiger partial charge is 0.168 e. The third-order valence-electron chi connectivity index (χ3n) is 7.09. The highest BCUT2D eigenvalue weighted by atomic mass is 35.5. The number of Topliss-reactive ketones (excluding diaryl/α,β-unsaturated/α-hetero) is 1. The third kappa shape index (κ3) is 2.73. The molecule has 4 atom stereocenters. The Morgan fingerprint density at radius 1 is 0.900 bits per heavy atom. The highest BCUT2D eigenvalue weighted by Gasteiger charge is 2.55. The molecule has 0 aliphatic carbocycles. The molecule has 6 rings (SSSR count). The number of rotatable bonds is 2. The van der Waals surface area contributed by atoms with Gasteiger partial charge in [0.05, 0.1) is 6.04 Å². The van der Waals surface area contributed by atoms with Crippen LogP contribution in [0.2, 0.25) is 5.02 Å². The van der Waals surface area contributed by atoms with E-state index in [-0.39, 0.29) is 29.7 Å². The van der Waals surface area contributed by atoms with Crippen molar-refractivity contribution < 1.29 is 9.53 Å². The minimum Gasteiger partial charge on any atom is -0.492 e. The van der Waals surface area contributed by atoms with Crippen LogP contribution in [0, 0.1) is 5.92 Å². The van der Waals surface area contributed by atoms with Gasteiger partial charge in [-0.15, -0.1) is 0 Å². The van der Waals surface area contributed by atoms with Crippen molar-refractivity contribution in [2.75, 3.05) is 6.61 Å². The van der Waals surface area contributed by atoms with E-state index in [1.807, 2.05) is 36.4 Å². The highest BCUT2D eigenvalue weighted by molar-refractivity contribution is 6.30. The van der Waals surface area contributed by atoms with Crippen molar-refractivity contribution in [3.8, 4) is 5.75 Å². The van der Waals surface area contributed by atoms with Crippen molar-refractivity contribution in [2.24, 2.45) is 5.92 Å². The SMILES string of the molecule is O=C(c1ccc(Cl)cc1)[C@@H]1[C@H]2c3ccccc3OC[C@H]2N2Cc3ccccc3C[C@H]12. The maximum atomic E-state index is 13.9. The molecule has 0 N–H and O–H groups in total. The summed E-state index contributed by atoms with van der Waals surface area (Å²) in [5.41, 5.74) is 4.64. The number of hydrogen-bond acceptors (Lipinski definition) is 3. The second-order valence-corrected chi connectivity index (χ2v) is 8.99. The second kappa shape index (κ2) is 6.97. The van der Waals surface area contributed by atoms with E-state index in [0.29, 0.717) is 11.6 Å². The number of hydrogen-bond donors (Lipinski definition) is 0. The molecule has 3 aromatic carbocycles. The molecule has 0 unspecified atom stereocenters. The first-order valence-electron chi connectivity index (χ1n) is 10.5. The van der Waals surface area contributed by atoms with Crippen LogP contribution in [0.15, 0.2) is 72.8 Å². The first-order valence-corrected chi connectivity index (χ1v) is 10.9. The Hall–Kier alpha value is -2.62. The molecule has 3 aliphatic rings. The number of carbonyl (C=O) groups is 1. The van der Waals surface area contributed by atoms with E-state index in [2.05, 4.69) is 41.3 Å². The van der Waals surface area contributed by atoms with E-state index in [1.54, 1.807) is 0 Å². The van der Waals surface area contributed by atoms with Crippen LogP contribution in [-0.4, -0.2) is 29.4 Å². The highest BCUT2D eigenvalue weighted by Crippen LogP contribution is 2.51. The predicted octanol–water partition coefficient (Wildman–Crippen LogP) is 5.12. The summed E-state index contributed by atoms with van der Waals surface area (Å²) in [6, 6.07) is 24.6. The summed E-state index contributed by atoms with van der Waals surface area (Å²) in [6.45, 7) is 1.50. The Balaban J connectivity index is 1.48. The van der Waals surface area contributed by atoms with Gasteiger partial charge < -0.3 is 4.74 Å². The average Bonchev–Trinajstić information content (AvgIpc) is 3.11. The fourth-order valence-corrected chi connectivity index (χ4v) is 5.88. The van der Waals surface area contributed by atoms with E-state index in [4.69, 9.17) is 16.3 Å². The van der Waals surface area contributed by atoms with Gasteiger partial charge in [0.25, 0.3) is 0 Å². The zero-order valence-corrected chi connectivity index (χ0v) is 17.3. The summed E-state index contributed by atoms with van der Waals surface area (Å²) in [5.74, 6) is 1.17. The van der Waals surface area contributed by atoms with Gasteiger partial charge >= 0.3 is 0 Å². The monoisotopic (exact) mass is 415 g/mol. The molecule has 0 aromatic heterocycles. The van der Waals surface area contributed by atoms with Crippen LogP contribution in [0.3, 0.4) is 0 Å². The molecule has 0 saturated carbocycles. The Morgan fingerprint density at radius 2 is 1.63 bits per heavy atom. The Kier molecular flexibility index (Phi) is 4.22. The van der Waals surface area contributed by atoms with Crippen molar-refractivity contribution in [3.05, 3.63) is 100 Å². The molecule has 3 aliphatic heterocycles. The van der Waals surface area contributed by atoms with Gasteiger partial charge in [-0.05, 0) is 53.4 Å². The normalized spacial score (nSPS) is 26.7. The number of carbonyl (C=O) groups excluding carboxylic acids is 1. The topological polar surface area (TPSA) is 29.5 Å². The molecule has 3 heterocycles. The van der Waals surface area contributed by atoms with Crippen LogP contribution in [0.25, 0.3) is 0 Å². The molecule has 4 heteroatoms. The lowest BCUT2D eigenvalue weighted by atomic mass is 9.75. The number of ketones is 1. The second-order valence-electron chi connectivity index (χ2n) is 8.55. The van der Waals surface area contributed by atoms with Gasteiger partial charge in [-0.25, -0.2) is 0 Å². The van der Waals surface area contributed by atoms with E-state index in [0.717, 1.165) is 24.3 Å². The minimum absolute atomic E-state index is 0.102. The number of benzene rings is 3. The van der Waals surface area contributed by atoms with E-state index in [9.17, 15) is 4.79 Å². The lowest BCUT2D eigenvalue weighted by Gasteiger charge is -2.37. The van der Waals surface area contributed by atoms with Crippen molar-refractivity contribution in [1.82, 2.24) is 4.90 Å². The van der Waals surface area contributed by atoms with Crippen LogP contribution < -0.4 is 4.74 Å². The molecule has 0 bridgehead atoms. The van der Waals surface area contributed by atoms with Crippen LogP contribution in [0.4, 0.5) is 0 Å². The summed E-state index contributed by atoms with van der Waals surface area (Å²) in [4.78, 5) is 16.4. The zero-order chi connectivity index (χ0) is 20.2. The molecule has 1 saturated heterocycles. The summed E-state index contributed by atoms with van der Waals surface area (Å²) in [5, 5.41) is 0.653. The molecule has 3 nitrogen and oxygen atoms in total. The van der Waals surface area contributed by atoms with Gasteiger partial charge in [0.2, 0.25) is 0 Å². The van der Waals surface area contributed by atoms with Crippen molar-refractivity contribution >= 4 is 17.4 Å². The van der Waals surface area contributed by atoms with Crippen LogP contribution in [-0.2, 0) is 13.0 Å². The maximum Gasteiger partial charge on any atom is 0.168 e. The molecule has 150 valence electrons. The van der Waals surface area contributed by atoms with E-state index >= 15 is 0 Å². The number of nitrogens with zero attached hydrogens (tertiary/aromatic N) is 1. The number of fused-ring (bicyclic) bond motifs is 6. The van der Waals surface area contributed by atoms with Gasteiger partial charge in [-0.3, -0.25) is 9.69 Å². The maximum absolute atomic E-state index is 13.9.